The van der Waals surface area contributed by atoms with Crippen molar-refractivity contribution in [3.63, 3.8) is 0 Å². The smallest absolute Gasteiger partial charge is 0.417 e. The van der Waals surface area contributed by atoms with E-state index in [9.17, 15) is 13.2 Å². The Balaban J connectivity index is 1.25. The second kappa shape index (κ2) is 7.49. The number of hydrogen-bond acceptors (Lipinski definition) is 7. The Labute approximate surface area is 192 Å². The number of rotatable bonds is 2. The maximum absolute atomic E-state index is 13.4. The van der Waals surface area contributed by atoms with Crippen LogP contribution in [-0.4, -0.2) is 33.0 Å². The van der Waals surface area contributed by atoms with Crippen molar-refractivity contribution in [3.8, 4) is 11.5 Å². The molecule has 1 saturated heterocycles. The summed E-state index contributed by atoms with van der Waals surface area (Å²) in [6.07, 6.45) is 0.711. The van der Waals surface area contributed by atoms with Gasteiger partial charge in [0, 0.05) is 25.3 Å². The van der Waals surface area contributed by atoms with Gasteiger partial charge >= 0.3 is 6.18 Å². The van der Waals surface area contributed by atoms with Crippen molar-refractivity contribution in [2.45, 2.75) is 31.5 Å². The second-order valence-electron chi connectivity index (χ2n) is 8.98. The minimum atomic E-state index is -4.63. The van der Waals surface area contributed by atoms with E-state index in [2.05, 4.69) is 43.0 Å². The number of alkyl halides is 3. The van der Waals surface area contributed by atoms with E-state index in [-0.39, 0.29) is 34.1 Å². The van der Waals surface area contributed by atoms with Crippen LogP contribution >= 0.6 is 0 Å². The van der Waals surface area contributed by atoms with Crippen molar-refractivity contribution in [1.82, 2.24) is 19.9 Å². The molecule has 0 saturated carbocycles. The zero-order valence-corrected chi connectivity index (χ0v) is 18.1. The Morgan fingerprint density at radius 1 is 1.03 bits per heavy atom. The SMILES string of the molecule is N[C@@H]1c2ccccc2CC12CCN(c1ncc3nc(-c4cccnc4C(F)(F)F)oc3n1)CC2. The predicted molar refractivity (Wildman–Crippen MR) is 119 cm³/mol. The van der Waals surface area contributed by atoms with Crippen molar-refractivity contribution in [1.29, 1.82) is 0 Å². The molecule has 1 aromatic carbocycles. The van der Waals surface area contributed by atoms with E-state index in [1.165, 1.54) is 29.5 Å². The Morgan fingerprint density at radius 3 is 2.59 bits per heavy atom. The molecule has 1 spiro atoms. The Morgan fingerprint density at radius 2 is 1.82 bits per heavy atom. The van der Waals surface area contributed by atoms with Crippen molar-refractivity contribution in [2.75, 3.05) is 18.0 Å². The maximum Gasteiger partial charge on any atom is 0.434 e. The third kappa shape index (κ3) is 3.32. The molecule has 1 aliphatic carbocycles. The Bertz CT molecular complexity index is 1380. The molecule has 1 atom stereocenters. The number of anilines is 1. The number of halogens is 3. The molecule has 0 amide bonds. The molecule has 2 N–H and O–H groups in total. The normalized spacial score (nSPS) is 19.6. The number of nitrogens with zero attached hydrogens (tertiary/aromatic N) is 5. The van der Waals surface area contributed by atoms with E-state index < -0.39 is 11.9 Å². The van der Waals surface area contributed by atoms with Crippen molar-refractivity contribution < 1.29 is 17.6 Å². The fourth-order valence-corrected chi connectivity index (χ4v) is 5.26. The Hall–Kier alpha value is -3.53. The van der Waals surface area contributed by atoms with Gasteiger partial charge in [0.25, 0.3) is 5.71 Å². The number of benzene rings is 1. The highest BCUT2D eigenvalue weighted by Crippen LogP contribution is 2.50. The molecule has 0 radical (unpaired) electrons. The van der Waals surface area contributed by atoms with Crippen LogP contribution in [0, 0.1) is 5.41 Å². The number of piperidine rings is 1. The van der Waals surface area contributed by atoms with E-state index in [4.69, 9.17) is 10.2 Å². The van der Waals surface area contributed by atoms with Crippen LogP contribution in [0.1, 0.15) is 35.7 Å². The van der Waals surface area contributed by atoms with Crippen molar-refractivity contribution >= 4 is 17.2 Å². The molecule has 0 bridgehead atoms. The van der Waals surface area contributed by atoms with Crippen molar-refractivity contribution in [2.24, 2.45) is 11.1 Å². The van der Waals surface area contributed by atoms with E-state index in [1.54, 1.807) is 0 Å². The van der Waals surface area contributed by atoms with Crippen LogP contribution in [-0.2, 0) is 12.6 Å². The summed E-state index contributed by atoms with van der Waals surface area (Å²) in [5.41, 5.74) is 8.39. The average Bonchev–Trinajstić information content (AvgIpc) is 3.38. The van der Waals surface area contributed by atoms with Gasteiger partial charge in [0.05, 0.1) is 11.8 Å². The van der Waals surface area contributed by atoms with E-state index in [1.807, 2.05) is 6.07 Å². The van der Waals surface area contributed by atoms with Gasteiger partial charge in [0.15, 0.2) is 5.69 Å². The minimum Gasteiger partial charge on any atom is -0.417 e. The minimum absolute atomic E-state index is 0.00777. The lowest BCUT2D eigenvalue weighted by atomic mass is 9.73. The standard InChI is InChI=1S/C24H21F3N6O/c25-24(26,27)19-16(6-3-9-29-19)20-31-17-13-30-22(32-21(17)34-20)33-10-7-23(8-11-33)12-14-4-1-2-5-15(14)18(23)28/h1-6,9,13,18H,7-8,10-12,28H2/t18-/m1/s1. The van der Waals surface area contributed by atoms with Crippen LogP contribution < -0.4 is 10.6 Å². The molecule has 0 unspecified atom stereocenters. The van der Waals surface area contributed by atoms with Gasteiger partial charge < -0.3 is 15.1 Å². The van der Waals surface area contributed by atoms with E-state index in [0.717, 1.165) is 38.5 Å². The highest BCUT2D eigenvalue weighted by atomic mass is 19.4. The van der Waals surface area contributed by atoms with Gasteiger partial charge in [0.2, 0.25) is 11.8 Å². The zero-order valence-electron chi connectivity index (χ0n) is 18.1. The van der Waals surface area contributed by atoms with Crippen LogP contribution in [0.2, 0.25) is 0 Å². The Kier molecular flexibility index (Phi) is 4.63. The lowest BCUT2D eigenvalue weighted by molar-refractivity contribution is -0.140. The summed E-state index contributed by atoms with van der Waals surface area (Å²) in [6, 6.07) is 11.1. The van der Waals surface area contributed by atoms with Gasteiger partial charge in [-0.3, -0.25) is 4.98 Å². The summed E-state index contributed by atoms with van der Waals surface area (Å²) in [7, 11) is 0. The summed E-state index contributed by atoms with van der Waals surface area (Å²) in [4.78, 5) is 18.6. The summed E-state index contributed by atoms with van der Waals surface area (Å²) >= 11 is 0. The molecule has 6 rings (SSSR count). The molecular weight excluding hydrogens is 445 g/mol. The highest BCUT2D eigenvalue weighted by molar-refractivity contribution is 5.73. The maximum atomic E-state index is 13.4. The summed E-state index contributed by atoms with van der Waals surface area (Å²) in [6.45, 7) is 1.46. The number of oxazole rings is 1. The molecule has 34 heavy (non-hydrogen) atoms. The first-order valence-electron chi connectivity index (χ1n) is 11.1. The molecule has 174 valence electrons. The second-order valence-corrected chi connectivity index (χ2v) is 8.98. The van der Waals surface area contributed by atoms with E-state index >= 15 is 0 Å². The molecule has 2 aliphatic rings. The molecule has 4 aromatic rings. The molecule has 4 heterocycles. The molecule has 1 fully saturated rings. The molecule has 7 nitrogen and oxygen atoms in total. The van der Waals surface area contributed by atoms with E-state index in [0.29, 0.717) is 5.95 Å². The van der Waals surface area contributed by atoms with Crippen LogP contribution in [0.15, 0.2) is 53.2 Å². The van der Waals surface area contributed by atoms with Crippen molar-refractivity contribution in [3.05, 3.63) is 65.6 Å². The largest absolute Gasteiger partial charge is 0.434 e. The van der Waals surface area contributed by atoms with Gasteiger partial charge in [-0.15, -0.1) is 0 Å². The number of aromatic nitrogens is 4. The number of pyridine rings is 1. The van der Waals surface area contributed by atoms with Gasteiger partial charge in [-0.1, -0.05) is 24.3 Å². The summed E-state index contributed by atoms with van der Waals surface area (Å²) in [5.74, 6) is 0.283. The third-order valence-electron chi connectivity index (χ3n) is 7.08. The lowest BCUT2D eigenvalue weighted by Gasteiger charge is -2.42. The van der Waals surface area contributed by atoms with Crippen LogP contribution in [0.5, 0.6) is 0 Å². The van der Waals surface area contributed by atoms with Gasteiger partial charge in [-0.25, -0.2) is 9.97 Å². The third-order valence-corrected chi connectivity index (χ3v) is 7.08. The molecule has 10 heteroatoms. The van der Waals surface area contributed by atoms with Gasteiger partial charge in [-0.2, -0.15) is 18.2 Å². The predicted octanol–water partition coefficient (Wildman–Crippen LogP) is 4.54. The van der Waals surface area contributed by atoms with Gasteiger partial charge in [0.1, 0.15) is 5.52 Å². The van der Waals surface area contributed by atoms with Crippen LogP contribution in [0.4, 0.5) is 19.1 Å². The molecule has 3 aromatic heterocycles. The average molecular weight is 466 g/mol. The quantitative estimate of drug-likeness (QED) is 0.463. The first kappa shape index (κ1) is 21.0. The first-order valence-corrected chi connectivity index (χ1v) is 11.1. The fourth-order valence-electron chi connectivity index (χ4n) is 5.26. The number of hydrogen-bond donors (Lipinski definition) is 1. The number of nitrogens with two attached hydrogens (primary N) is 1. The van der Waals surface area contributed by atoms with Gasteiger partial charge in [-0.05, 0) is 47.9 Å². The summed E-state index contributed by atoms with van der Waals surface area (Å²) in [5, 5.41) is 0. The molecule has 1 aliphatic heterocycles. The molecular formula is C24H21F3N6O. The topological polar surface area (TPSA) is 94.0 Å². The fraction of sp³-hybridized carbons (Fsp3) is 0.333. The monoisotopic (exact) mass is 466 g/mol. The zero-order chi connectivity index (χ0) is 23.5. The summed E-state index contributed by atoms with van der Waals surface area (Å²) < 4.78 is 45.7. The van der Waals surface area contributed by atoms with Crippen LogP contribution in [0.3, 0.4) is 0 Å². The first-order chi connectivity index (χ1) is 16.3. The number of fused-ring (bicyclic) bond motifs is 2. The van der Waals surface area contributed by atoms with Crippen LogP contribution in [0.25, 0.3) is 22.7 Å². The highest BCUT2D eigenvalue weighted by Gasteiger charge is 2.46. The lowest BCUT2D eigenvalue weighted by Crippen LogP contribution is -2.44.